The molecule has 0 unspecified atom stereocenters. The third-order valence-electron chi connectivity index (χ3n) is 3.62. The minimum Gasteiger partial charge on any atom is -0.478 e. The highest BCUT2D eigenvalue weighted by atomic mass is 16.4. The second-order valence-electron chi connectivity index (χ2n) is 6.34. The Morgan fingerprint density at radius 3 is 1.55 bits per heavy atom. The van der Waals surface area contributed by atoms with Crippen molar-refractivity contribution in [3.63, 3.8) is 0 Å². The Morgan fingerprint density at radius 2 is 1.07 bits per heavy atom. The summed E-state index contributed by atoms with van der Waals surface area (Å²) in [6, 6.07) is 0. The summed E-state index contributed by atoms with van der Waals surface area (Å²) < 4.78 is 0. The summed E-state index contributed by atoms with van der Waals surface area (Å²) in [5, 5.41) is 16.3. The van der Waals surface area contributed by atoms with E-state index >= 15 is 0 Å². The minimum absolute atomic E-state index is 0.784. The number of carbonyl (C=O) groups is 2. The van der Waals surface area contributed by atoms with Crippen LogP contribution in [0.5, 0.6) is 0 Å². The van der Waals surface area contributed by atoms with Crippen LogP contribution in [0.25, 0.3) is 0 Å². The van der Waals surface area contributed by atoms with Crippen LogP contribution in [0.15, 0.2) is 72.9 Å². The van der Waals surface area contributed by atoms with Crippen molar-refractivity contribution < 1.29 is 19.8 Å². The fourth-order valence-electron chi connectivity index (χ4n) is 2.14. The molecule has 162 valence electrons. The van der Waals surface area contributed by atoms with Crippen LogP contribution < -0.4 is 0 Å². The summed E-state index contributed by atoms with van der Waals surface area (Å²) in [6.07, 6.45) is 32.3. The fraction of sp³-hybridized carbons (Fsp3) is 0.440. The van der Waals surface area contributed by atoms with Crippen LogP contribution in [0, 0.1) is 0 Å². The lowest BCUT2D eigenvalue weighted by atomic mass is 10.1. The summed E-state index contributed by atoms with van der Waals surface area (Å²) in [4.78, 5) is 19.9. The molecule has 2 N–H and O–H groups in total. The lowest BCUT2D eigenvalue weighted by Crippen LogP contribution is -1.84. The van der Waals surface area contributed by atoms with Gasteiger partial charge in [-0.3, -0.25) is 0 Å². The van der Waals surface area contributed by atoms with E-state index in [4.69, 9.17) is 10.2 Å². The third kappa shape index (κ3) is 33.4. The summed E-state index contributed by atoms with van der Waals surface area (Å²) >= 11 is 0. The Hall–Kier alpha value is -2.62. The molecule has 0 spiro atoms. The Bertz CT molecular complexity index is 563. The first-order valence-corrected chi connectivity index (χ1v) is 10.5. The average molecular weight is 403 g/mol. The summed E-state index contributed by atoms with van der Waals surface area (Å²) in [6.45, 7) is 4.14. The van der Waals surface area contributed by atoms with Crippen molar-refractivity contribution in [1.29, 1.82) is 0 Å². The zero-order chi connectivity index (χ0) is 22.0. The highest BCUT2D eigenvalue weighted by Gasteiger charge is 1.88. The molecular formula is C25H38O4. The van der Waals surface area contributed by atoms with Gasteiger partial charge in [-0.15, -0.1) is 0 Å². The van der Waals surface area contributed by atoms with Gasteiger partial charge in [-0.05, 0) is 19.3 Å². The number of hydrogen-bond donors (Lipinski definition) is 2. The summed E-state index contributed by atoms with van der Waals surface area (Å²) in [5.74, 6) is -1.80. The Morgan fingerprint density at radius 1 is 0.586 bits per heavy atom. The molecule has 0 heterocycles. The van der Waals surface area contributed by atoms with E-state index in [2.05, 4.69) is 19.1 Å². The zero-order valence-corrected chi connectivity index (χ0v) is 18.0. The van der Waals surface area contributed by atoms with Crippen LogP contribution in [0.2, 0.25) is 0 Å². The number of carboxylic acids is 2. The van der Waals surface area contributed by atoms with Gasteiger partial charge in [0.15, 0.2) is 0 Å². The molecule has 0 saturated carbocycles. The molecule has 4 nitrogen and oxygen atoms in total. The number of carboxylic acid groups (broad SMARTS) is 2. The molecule has 0 radical (unpaired) electrons. The highest BCUT2D eigenvalue weighted by Crippen LogP contribution is 2.08. The average Bonchev–Trinajstić information content (AvgIpc) is 2.69. The Balaban J connectivity index is 0. The maximum Gasteiger partial charge on any atom is 0.328 e. The molecule has 0 saturated heterocycles. The maximum atomic E-state index is 10.2. The van der Waals surface area contributed by atoms with Crippen molar-refractivity contribution in [2.24, 2.45) is 0 Å². The summed E-state index contributed by atoms with van der Waals surface area (Å²) in [7, 11) is 0. The Labute approximate surface area is 176 Å². The maximum absolute atomic E-state index is 10.2. The van der Waals surface area contributed by atoms with Crippen molar-refractivity contribution in [1.82, 2.24) is 0 Å². The first-order chi connectivity index (χ1) is 14.0. The van der Waals surface area contributed by atoms with Crippen LogP contribution in [0.4, 0.5) is 0 Å². The molecule has 0 bridgehead atoms. The van der Waals surface area contributed by atoms with Gasteiger partial charge in [-0.1, -0.05) is 113 Å². The molecule has 0 aliphatic carbocycles. The normalized spacial score (nSPS) is 12.1. The van der Waals surface area contributed by atoms with E-state index in [9.17, 15) is 9.59 Å². The number of aliphatic carboxylic acids is 2. The second-order valence-corrected chi connectivity index (χ2v) is 6.34. The smallest absolute Gasteiger partial charge is 0.328 e. The predicted molar refractivity (Wildman–Crippen MR) is 123 cm³/mol. The number of hydrogen-bond acceptors (Lipinski definition) is 2. The molecule has 0 atom stereocenters. The summed E-state index contributed by atoms with van der Waals surface area (Å²) in [5.41, 5.74) is 0. The van der Waals surface area contributed by atoms with Crippen molar-refractivity contribution in [2.75, 3.05) is 0 Å². The van der Waals surface area contributed by atoms with Gasteiger partial charge in [0.2, 0.25) is 0 Å². The van der Waals surface area contributed by atoms with Crippen LogP contribution in [0.1, 0.15) is 71.6 Å². The molecule has 0 aromatic carbocycles. The van der Waals surface area contributed by atoms with Crippen LogP contribution in [-0.4, -0.2) is 22.2 Å². The molecule has 0 aliphatic rings. The first kappa shape index (κ1) is 28.6. The van der Waals surface area contributed by atoms with Crippen LogP contribution in [0.3, 0.4) is 0 Å². The van der Waals surface area contributed by atoms with Crippen molar-refractivity contribution >= 4 is 11.9 Å². The van der Waals surface area contributed by atoms with E-state index < -0.39 is 11.9 Å². The van der Waals surface area contributed by atoms with Crippen molar-refractivity contribution in [2.45, 2.75) is 71.6 Å². The van der Waals surface area contributed by atoms with E-state index in [1.165, 1.54) is 51.0 Å². The van der Waals surface area contributed by atoms with Gasteiger partial charge in [0, 0.05) is 12.2 Å². The van der Waals surface area contributed by atoms with E-state index in [0.29, 0.717) is 0 Å². The topological polar surface area (TPSA) is 74.6 Å². The van der Waals surface area contributed by atoms with Crippen LogP contribution in [-0.2, 0) is 9.59 Å². The zero-order valence-electron chi connectivity index (χ0n) is 18.0. The molecule has 0 aromatic heterocycles. The standard InChI is InChI=1S/C20H30O2.C5H8O2/c1-2-3-4-5-6-7-8-9-10-11-12-13-14-15-16-17-18-19-20(21)22;1-2-3-4-5(6)7/h10-19H,2-9H2,1H3,(H,21,22);3-4H,2H2,1H3,(H,6,7). The molecule has 0 rings (SSSR count). The number of rotatable bonds is 15. The molecule has 0 aliphatic heterocycles. The number of unbranched alkanes of at least 4 members (excludes halogenated alkanes) is 7. The lowest BCUT2D eigenvalue weighted by molar-refractivity contribution is -0.132. The molecule has 0 amide bonds. The monoisotopic (exact) mass is 402 g/mol. The third-order valence-corrected chi connectivity index (χ3v) is 3.62. The SMILES string of the molecule is CCC=CC(=O)O.CCCCCCCCCC=CC=CC=CC=CC=CC(=O)O. The Kier molecular flexibility index (Phi) is 25.0. The second kappa shape index (κ2) is 25.4. The quantitative estimate of drug-likeness (QED) is 0.175. The van der Waals surface area contributed by atoms with Gasteiger partial charge in [-0.2, -0.15) is 0 Å². The molecule has 0 aromatic rings. The molecule has 29 heavy (non-hydrogen) atoms. The van der Waals surface area contributed by atoms with Crippen molar-refractivity contribution in [3.8, 4) is 0 Å². The van der Waals surface area contributed by atoms with E-state index in [1.54, 1.807) is 18.2 Å². The molecule has 4 heteroatoms. The van der Waals surface area contributed by atoms with Gasteiger partial charge in [0.05, 0.1) is 0 Å². The predicted octanol–water partition coefficient (Wildman–Crippen LogP) is 7.03. The minimum atomic E-state index is -0.931. The van der Waals surface area contributed by atoms with E-state index in [1.807, 2.05) is 31.2 Å². The number of allylic oxidation sites excluding steroid dienone is 10. The van der Waals surface area contributed by atoms with Gasteiger partial charge in [-0.25, -0.2) is 9.59 Å². The fourth-order valence-corrected chi connectivity index (χ4v) is 2.14. The molecule has 0 fully saturated rings. The largest absolute Gasteiger partial charge is 0.478 e. The van der Waals surface area contributed by atoms with Gasteiger partial charge in [0.25, 0.3) is 0 Å². The molecular weight excluding hydrogens is 364 g/mol. The van der Waals surface area contributed by atoms with Crippen molar-refractivity contribution in [3.05, 3.63) is 72.9 Å². The highest BCUT2D eigenvalue weighted by molar-refractivity contribution is 5.80. The van der Waals surface area contributed by atoms with Crippen LogP contribution >= 0.6 is 0 Å². The van der Waals surface area contributed by atoms with Gasteiger partial charge in [0.1, 0.15) is 0 Å². The van der Waals surface area contributed by atoms with E-state index in [-0.39, 0.29) is 0 Å². The lowest BCUT2D eigenvalue weighted by Gasteiger charge is -1.98. The van der Waals surface area contributed by atoms with Gasteiger partial charge < -0.3 is 10.2 Å². The van der Waals surface area contributed by atoms with Gasteiger partial charge >= 0.3 is 11.9 Å². The first-order valence-electron chi connectivity index (χ1n) is 10.5. The van der Waals surface area contributed by atoms with E-state index in [0.717, 1.165) is 25.0 Å².